The van der Waals surface area contributed by atoms with Crippen molar-refractivity contribution in [2.24, 2.45) is 0 Å². The van der Waals surface area contributed by atoms with Crippen molar-refractivity contribution in [3.63, 3.8) is 0 Å². The number of rotatable bonds is 7. The quantitative estimate of drug-likeness (QED) is 0.151. The van der Waals surface area contributed by atoms with E-state index in [1.54, 1.807) is 30.0 Å². The van der Waals surface area contributed by atoms with Gasteiger partial charge in [0.2, 0.25) is 0 Å². The summed E-state index contributed by atoms with van der Waals surface area (Å²) in [7, 11) is 0. The Labute approximate surface area is 216 Å². The molecule has 4 rings (SSSR count). The Morgan fingerprint density at radius 3 is 2.50 bits per heavy atom. The van der Waals surface area contributed by atoms with Gasteiger partial charge < -0.3 is 9.88 Å². The van der Waals surface area contributed by atoms with Crippen LogP contribution in [0.15, 0.2) is 83.4 Å². The molecule has 1 aromatic heterocycles. The summed E-state index contributed by atoms with van der Waals surface area (Å²) in [5.74, 6) is 0.311. The molecule has 0 radical (unpaired) electrons. The predicted octanol–water partition coefficient (Wildman–Crippen LogP) is 7.94. The molecule has 34 heavy (non-hydrogen) atoms. The van der Waals surface area contributed by atoms with Crippen molar-refractivity contribution < 1.29 is 4.79 Å². The number of carbonyl (C=O) groups is 1. The monoisotopic (exact) mass is 525 g/mol. The van der Waals surface area contributed by atoms with Crippen LogP contribution in [0.1, 0.15) is 5.56 Å². The molecule has 170 valence electrons. The molecular weight excluding hydrogens is 509 g/mol. The number of thioether (sulfide) groups is 1. The third-order valence-electron chi connectivity index (χ3n) is 5.08. The Morgan fingerprint density at radius 2 is 1.76 bits per heavy atom. The van der Waals surface area contributed by atoms with Crippen molar-refractivity contribution in [2.45, 2.75) is 11.4 Å². The number of fused-ring (bicyclic) bond motifs is 1. The van der Waals surface area contributed by atoms with Gasteiger partial charge in [0.15, 0.2) is 0 Å². The van der Waals surface area contributed by atoms with Crippen LogP contribution in [0.25, 0.3) is 17.0 Å². The number of anilines is 1. The van der Waals surface area contributed by atoms with Gasteiger partial charge in [-0.05, 0) is 54.6 Å². The lowest BCUT2D eigenvalue weighted by Gasteiger charge is -2.06. The molecule has 0 spiro atoms. The van der Waals surface area contributed by atoms with Crippen molar-refractivity contribution >= 4 is 75.1 Å². The number of halogens is 3. The van der Waals surface area contributed by atoms with Crippen LogP contribution >= 0.6 is 46.6 Å². The summed E-state index contributed by atoms with van der Waals surface area (Å²) in [6.45, 7) is 0.760. The highest BCUT2D eigenvalue weighted by molar-refractivity contribution is 7.99. The molecule has 8 heteroatoms. The number of amides is 1. The van der Waals surface area contributed by atoms with Crippen molar-refractivity contribution in [3.05, 3.63) is 99.1 Å². The van der Waals surface area contributed by atoms with E-state index in [0.717, 1.165) is 33.7 Å². The van der Waals surface area contributed by atoms with Gasteiger partial charge in [-0.25, -0.2) is 0 Å². The van der Waals surface area contributed by atoms with Gasteiger partial charge in [0.05, 0.1) is 10.7 Å². The minimum Gasteiger partial charge on any atom is -0.346 e. The molecule has 0 atom stereocenters. The third-order valence-corrected chi connectivity index (χ3v) is 6.87. The van der Waals surface area contributed by atoms with Crippen LogP contribution in [0.2, 0.25) is 15.1 Å². The average Bonchev–Trinajstić information content (AvgIpc) is 3.18. The number of hydrogen-bond donors (Lipinski definition) is 1. The van der Waals surface area contributed by atoms with Gasteiger partial charge in [0.25, 0.3) is 5.91 Å². The maximum atomic E-state index is 12.8. The fourth-order valence-electron chi connectivity index (χ4n) is 3.45. The molecule has 0 bridgehead atoms. The van der Waals surface area contributed by atoms with Crippen LogP contribution in [-0.4, -0.2) is 16.2 Å². The number of benzene rings is 3. The SMILES string of the molecule is N#C/C(=C/c1cn(CCSc2ccc(Cl)cc2)c2ccccc12)C(=O)Nc1ccc(Cl)cc1Cl. The van der Waals surface area contributed by atoms with E-state index < -0.39 is 5.91 Å². The number of nitriles is 1. The second-order valence-corrected chi connectivity index (χ2v) is 9.79. The van der Waals surface area contributed by atoms with Gasteiger partial charge in [-0.2, -0.15) is 5.26 Å². The zero-order chi connectivity index (χ0) is 24.1. The lowest BCUT2D eigenvalue weighted by molar-refractivity contribution is -0.112. The topological polar surface area (TPSA) is 57.8 Å². The van der Waals surface area contributed by atoms with Crippen molar-refractivity contribution in [2.75, 3.05) is 11.1 Å². The molecule has 0 unspecified atom stereocenters. The fourth-order valence-corrected chi connectivity index (χ4v) is 4.89. The van der Waals surface area contributed by atoms with Gasteiger partial charge in [0.1, 0.15) is 11.6 Å². The molecule has 0 saturated carbocycles. The Balaban J connectivity index is 1.55. The van der Waals surface area contributed by atoms with Crippen molar-refractivity contribution in [1.29, 1.82) is 5.26 Å². The van der Waals surface area contributed by atoms with E-state index in [9.17, 15) is 10.1 Å². The summed E-state index contributed by atoms with van der Waals surface area (Å²) in [5, 5.41) is 14.8. The fraction of sp³-hybridized carbons (Fsp3) is 0.0769. The first kappa shape index (κ1) is 24.3. The molecule has 3 aromatic carbocycles. The molecule has 1 N–H and O–H groups in total. The summed E-state index contributed by atoms with van der Waals surface area (Å²) in [6, 6.07) is 22.4. The standard InChI is InChI=1S/C26H18Cl3N3OS/c27-19-5-8-21(9-6-19)34-12-11-32-16-18(22-3-1-2-4-25(22)32)13-17(15-30)26(33)31-24-10-7-20(28)14-23(24)29/h1-10,13-14,16H,11-12H2,(H,31,33)/b17-13-. The Bertz CT molecular complexity index is 1420. The van der Waals surface area contributed by atoms with E-state index in [-0.39, 0.29) is 5.57 Å². The number of para-hydroxylation sites is 1. The van der Waals surface area contributed by atoms with E-state index >= 15 is 0 Å². The predicted molar refractivity (Wildman–Crippen MR) is 143 cm³/mol. The summed E-state index contributed by atoms with van der Waals surface area (Å²) in [6.07, 6.45) is 3.57. The Morgan fingerprint density at radius 1 is 1.03 bits per heavy atom. The zero-order valence-electron chi connectivity index (χ0n) is 17.8. The molecular formula is C26H18Cl3N3OS. The first-order valence-corrected chi connectivity index (χ1v) is 12.4. The highest BCUT2D eigenvalue weighted by Crippen LogP contribution is 2.28. The first-order chi connectivity index (χ1) is 16.4. The average molecular weight is 527 g/mol. The minimum absolute atomic E-state index is 0.0236. The summed E-state index contributed by atoms with van der Waals surface area (Å²) in [5.41, 5.74) is 2.19. The lowest BCUT2D eigenvalue weighted by atomic mass is 10.1. The van der Waals surface area contributed by atoms with E-state index in [2.05, 4.69) is 9.88 Å². The van der Waals surface area contributed by atoms with Crippen LogP contribution < -0.4 is 5.32 Å². The van der Waals surface area contributed by atoms with Crippen LogP contribution in [0, 0.1) is 11.3 Å². The van der Waals surface area contributed by atoms with Crippen molar-refractivity contribution in [1.82, 2.24) is 4.57 Å². The second-order valence-electron chi connectivity index (χ2n) is 7.35. The summed E-state index contributed by atoms with van der Waals surface area (Å²) in [4.78, 5) is 13.9. The van der Waals surface area contributed by atoms with E-state index in [0.29, 0.717) is 20.8 Å². The van der Waals surface area contributed by atoms with Gasteiger partial charge in [0, 0.05) is 49.9 Å². The molecule has 0 aliphatic carbocycles. The number of carbonyl (C=O) groups excluding carboxylic acids is 1. The van der Waals surface area contributed by atoms with Crippen LogP contribution in [0.5, 0.6) is 0 Å². The van der Waals surface area contributed by atoms with Gasteiger partial charge in [-0.3, -0.25) is 4.79 Å². The normalized spacial score (nSPS) is 11.4. The number of nitrogens with zero attached hydrogens (tertiary/aromatic N) is 2. The highest BCUT2D eigenvalue weighted by atomic mass is 35.5. The summed E-state index contributed by atoms with van der Waals surface area (Å²) < 4.78 is 2.13. The first-order valence-electron chi connectivity index (χ1n) is 10.3. The van der Waals surface area contributed by atoms with E-state index in [1.165, 1.54) is 6.07 Å². The molecule has 1 heterocycles. The molecule has 1 amide bonds. The Hall–Kier alpha value is -2.88. The molecule has 0 aliphatic rings. The van der Waals surface area contributed by atoms with Crippen molar-refractivity contribution in [3.8, 4) is 6.07 Å². The molecule has 0 saturated heterocycles. The molecule has 4 nitrogen and oxygen atoms in total. The van der Waals surface area contributed by atoms with Gasteiger partial charge >= 0.3 is 0 Å². The molecule has 0 fully saturated rings. The number of aromatic nitrogens is 1. The van der Waals surface area contributed by atoms with Crippen LogP contribution in [0.4, 0.5) is 5.69 Å². The maximum absolute atomic E-state index is 12.8. The third kappa shape index (κ3) is 5.78. The summed E-state index contributed by atoms with van der Waals surface area (Å²) >= 11 is 19.8. The van der Waals surface area contributed by atoms with Crippen LogP contribution in [-0.2, 0) is 11.3 Å². The number of nitrogens with one attached hydrogen (secondary N) is 1. The molecule has 4 aromatic rings. The second kappa shape index (κ2) is 11.0. The zero-order valence-corrected chi connectivity index (χ0v) is 20.8. The lowest BCUT2D eigenvalue weighted by Crippen LogP contribution is -2.13. The van der Waals surface area contributed by atoms with E-state index in [4.69, 9.17) is 34.8 Å². The Kier molecular flexibility index (Phi) is 7.87. The highest BCUT2D eigenvalue weighted by Gasteiger charge is 2.14. The largest absolute Gasteiger partial charge is 0.346 e. The minimum atomic E-state index is -0.540. The van der Waals surface area contributed by atoms with Gasteiger partial charge in [-0.1, -0.05) is 53.0 Å². The number of aryl methyl sites for hydroxylation is 1. The smallest absolute Gasteiger partial charge is 0.266 e. The maximum Gasteiger partial charge on any atom is 0.266 e. The van der Waals surface area contributed by atoms with E-state index in [1.807, 2.05) is 60.8 Å². The number of hydrogen-bond acceptors (Lipinski definition) is 3. The molecule has 0 aliphatic heterocycles. The van der Waals surface area contributed by atoms with Gasteiger partial charge in [-0.15, -0.1) is 11.8 Å². The van der Waals surface area contributed by atoms with Crippen LogP contribution in [0.3, 0.4) is 0 Å².